The van der Waals surface area contributed by atoms with E-state index in [-0.39, 0.29) is 36.2 Å². The number of likely N-dealkylation sites (tertiary alicyclic amines) is 1. The summed E-state index contributed by atoms with van der Waals surface area (Å²) in [5.74, 6) is 0.624. The number of amides is 2. The molecule has 8 heteroatoms. The minimum Gasteiger partial charge on any atom is -0.444 e. The summed E-state index contributed by atoms with van der Waals surface area (Å²) >= 11 is 0. The van der Waals surface area contributed by atoms with Gasteiger partial charge < -0.3 is 19.0 Å². The maximum absolute atomic E-state index is 14.0. The summed E-state index contributed by atoms with van der Waals surface area (Å²) < 4.78 is 25.2. The standard InChI is InChI=1S/C26H36FN3O4/c1-18(2)30(25(32)34-26(3,4)5)17-19-9-8-14-29(16-19)24(31)13-12-23-28-15-22(33-23)20-10-6-7-11-21(20)27/h6-7,10-11,15,18-19H,8-9,12-14,16-17H2,1-5H3/t19-/m0/s1. The molecule has 0 saturated carbocycles. The molecule has 186 valence electrons. The summed E-state index contributed by atoms with van der Waals surface area (Å²) in [6.45, 7) is 11.4. The summed E-state index contributed by atoms with van der Waals surface area (Å²) in [4.78, 5) is 33.4. The number of benzene rings is 1. The molecule has 1 saturated heterocycles. The quantitative estimate of drug-likeness (QED) is 0.546. The first-order valence-corrected chi connectivity index (χ1v) is 12.0. The molecule has 0 radical (unpaired) electrons. The number of oxazole rings is 1. The number of aromatic nitrogens is 1. The Balaban J connectivity index is 1.54. The molecule has 34 heavy (non-hydrogen) atoms. The van der Waals surface area contributed by atoms with Crippen molar-refractivity contribution in [3.05, 3.63) is 42.2 Å². The second kappa shape index (κ2) is 11.0. The highest BCUT2D eigenvalue weighted by atomic mass is 19.1. The minimum absolute atomic E-state index is 0.00889. The van der Waals surface area contributed by atoms with Crippen molar-refractivity contribution in [1.29, 1.82) is 0 Å². The Morgan fingerprint density at radius 1 is 1.29 bits per heavy atom. The topological polar surface area (TPSA) is 75.9 Å². The van der Waals surface area contributed by atoms with E-state index in [0.717, 1.165) is 12.8 Å². The Kier molecular flexibility index (Phi) is 8.33. The Morgan fingerprint density at radius 3 is 2.71 bits per heavy atom. The number of carbonyl (C=O) groups is 2. The first-order chi connectivity index (χ1) is 16.0. The molecule has 0 N–H and O–H groups in total. The lowest BCUT2D eigenvalue weighted by atomic mass is 9.96. The van der Waals surface area contributed by atoms with Crippen molar-refractivity contribution in [3.8, 4) is 11.3 Å². The van der Waals surface area contributed by atoms with Crippen LogP contribution >= 0.6 is 0 Å². The van der Waals surface area contributed by atoms with E-state index >= 15 is 0 Å². The van der Waals surface area contributed by atoms with Gasteiger partial charge in [-0.25, -0.2) is 14.2 Å². The van der Waals surface area contributed by atoms with Crippen molar-refractivity contribution in [2.24, 2.45) is 5.92 Å². The van der Waals surface area contributed by atoms with E-state index in [2.05, 4.69) is 4.98 Å². The molecule has 7 nitrogen and oxygen atoms in total. The van der Waals surface area contributed by atoms with E-state index in [1.54, 1.807) is 23.1 Å². The van der Waals surface area contributed by atoms with Crippen LogP contribution in [-0.4, -0.2) is 58.1 Å². The monoisotopic (exact) mass is 473 g/mol. The molecule has 3 rings (SSSR count). The molecule has 1 aromatic heterocycles. The third-order valence-corrected chi connectivity index (χ3v) is 5.82. The number of rotatable bonds is 7. The predicted octanol–water partition coefficient (Wildman–Crippen LogP) is 5.30. The van der Waals surface area contributed by atoms with Crippen molar-refractivity contribution in [3.63, 3.8) is 0 Å². The van der Waals surface area contributed by atoms with Crippen molar-refractivity contribution in [1.82, 2.24) is 14.8 Å². The molecular weight excluding hydrogens is 437 g/mol. The van der Waals surface area contributed by atoms with Gasteiger partial charge in [-0.15, -0.1) is 0 Å². The highest BCUT2D eigenvalue weighted by molar-refractivity contribution is 5.76. The van der Waals surface area contributed by atoms with Crippen LogP contribution in [0.3, 0.4) is 0 Å². The summed E-state index contributed by atoms with van der Waals surface area (Å²) in [5.41, 5.74) is -0.198. The van der Waals surface area contributed by atoms with Gasteiger partial charge in [0.05, 0.1) is 11.8 Å². The van der Waals surface area contributed by atoms with Gasteiger partial charge >= 0.3 is 6.09 Å². The van der Waals surface area contributed by atoms with Crippen LogP contribution in [0, 0.1) is 11.7 Å². The zero-order valence-electron chi connectivity index (χ0n) is 20.8. The van der Waals surface area contributed by atoms with Crippen LogP contribution in [0.15, 0.2) is 34.9 Å². The number of carbonyl (C=O) groups excluding carboxylic acids is 2. The highest BCUT2D eigenvalue weighted by Gasteiger charge is 2.30. The predicted molar refractivity (Wildman–Crippen MR) is 128 cm³/mol. The summed E-state index contributed by atoms with van der Waals surface area (Å²) in [7, 11) is 0. The van der Waals surface area contributed by atoms with E-state index in [0.29, 0.717) is 43.3 Å². The van der Waals surface area contributed by atoms with Gasteiger partial charge in [-0.2, -0.15) is 0 Å². The second-order valence-corrected chi connectivity index (χ2v) is 10.2. The van der Waals surface area contributed by atoms with E-state index in [4.69, 9.17) is 9.15 Å². The zero-order chi connectivity index (χ0) is 24.9. The second-order valence-electron chi connectivity index (χ2n) is 10.2. The Hall–Kier alpha value is -2.90. The van der Waals surface area contributed by atoms with Gasteiger partial charge in [0.2, 0.25) is 5.91 Å². The van der Waals surface area contributed by atoms with Crippen molar-refractivity contribution < 1.29 is 23.1 Å². The molecule has 2 aromatic rings. The third kappa shape index (κ3) is 7.05. The number of aryl methyl sites for hydroxylation is 1. The van der Waals surface area contributed by atoms with Crippen molar-refractivity contribution in [2.45, 2.75) is 71.9 Å². The van der Waals surface area contributed by atoms with E-state index in [1.165, 1.54) is 12.3 Å². The average molecular weight is 474 g/mol. The first kappa shape index (κ1) is 25.7. The maximum Gasteiger partial charge on any atom is 0.410 e. The molecule has 1 atom stereocenters. The highest BCUT2D eigenvalue weighted by Crippen LogP contribution is 2.25. The fourth-order valence-electron chi connectivity index (χ4n) is 4.12. The minimum atomic E-state index is -0.551. The molecule has 0 bridgehead atoms. The number of hydrogen-bond donors (Lipinski definition) is 0. The maximum atomic E-state index is 14.0. The fraction of sp³-hybridized carbons (Fsp3) is 0.577. The molecule has 0 spiro atoms. The van der Waals surface area contributed by atoms with Gasteiger partial charge in [0.15, 0.2) is 11.7 Å². The molecule has 0 unspecified atom stereocenters. The van der Waals surface area contributed by atoms with Crippen LogP contribution in [0.5, 0.6) is 0 Å². The Morgan fingerprint density at radius 2 is 2.03 bits per heavy atom. The summed E-state index contributed by atoms with van der Waals surface area (Å²) in [6, 6.07) is 6.37. The molecule has 1 aliphatic heterocycles. The lowest BCUT2D eigenvalue weighted by Crippen LogP contribution is -2.48. The number of ether oxygens (including phenoxy) is 1. The normalized spacial score (nSPS) is 16.6. The molecule has 1 aliphatic rings. The van der Waals surface area contributed by atoms with E-state index < -0.39 is 5.60 Å². The van der Waals surface area contributed by atoms with Crippen molar-refractivity contribution >= 4 is 12.0 Å². The fourth-order valence-corrected chi connectivity index (χ4v) is 4.12. The van der Waals surface area contributed by atoms with E-state index in [1.807, 2.05) is 39.5 Å². The van der Waals surface area contributed by atoms with Gasteiger partial charge in [0, 0.05) is 38.5 Å². The smallest absolute Gasteiger partial charge is 0.410 e. The van der Waals surface area contributed by atoms with Crippen molar-refractivity contribution in [2.75, 3.05) is 19.6 Å². The molecule has 1 aromatic carbocycles. The lowest BCUT2D eigenvalue weighted by molar-refractivity contribution is -0.133. The average Bonchev–Trinajstić information content (AvgIpc) is 3.23. The molecule has 1 fully saturated rings. The van der Waals surface area contributed by atoms with Crippen LogP contribution in [0.2, 0.25) is 0 Å². The van der Waals surface area contributed by atoms with Gasteiger partial charge in [-0.3, -0.25) is 4.79 Å². The van der Waals surface area contributed by atoms with Crippen LogP contribution in [0.4, 0.5) is 9.18 Å². The number of nitrogens with zero attached hydrogens (tertiary/aromatic N) is 3. The van der Waals surface area contributed by atoms with Crippen LogP contribution in [0.1, 0.15) is 59.8 Å². The number of hydrogen-bond acceptors (Lipinski definition) is 5. The molecule has 0 aliphatic carbocycles. The molecule has 2 heterocycles. The van der Waals surface area contributed by atoms with Crippen LogP contribution < -0.4 is 0 Å². The van der Waals surface area contributed by atoms with Gasteiger partial charge in [-0.05, 0) is 65.5 Å². The number of piperidine rings is 1. The van der Waals surface area contributed by atoms with Crippen LogP contribution in [-0.2, 0) is 16.0 Å². The summed E-state index contributed by atoms with van der Waals surface area (Å²) in [5, 5.41) is 0. The zero-order valence-corrected chi connectivity index (χ0v) is 20.8. The first-order valence-electron chi connectivity index (χ1n) is 12.0. The van der Waals surface area contributed by atoms with Gasteiger partial charge in [0.25, 0.3) is 0 Å². The lowest BCUT2D eigenvalue weighted by Gasteiger charge is -2.37. The molecule has 2 amide bonds. The van der Waals surface area contributed by atoms with E-state index in [9.17, 15) is 14.0 Å². The number of halogens is 1. The van der Waals surface area contributed by atoms with Gasteiger partial charge in [-0.1, -0.05) is 12.1 Å². The SMILES string of the molecule is CC(C)N(C[C@H]1CCCN(C(=O)CCc2ncc(-c3ccccc3F)o2)C1)C(=O)OC(C)(C)C. The van der Waals surface area contributed by atoms with Crippen LogP contribution in [0.25, 0.3) is 11.3 Å². The Bertz CT molecular complexity index is 982. The largest absolute Gasteiger partial charge is 0.444 e. The molecular formula is C26H36FN3O4. The third-order valence-electron chi connectivity index (χ3n) is 5.82. The van der Waals surface area contributed by atoms with Gasteiger partial charge in [0.1, 0.15) is 11.4 Å². The summed E-state index contributed by atoms with van der Waals surface area (Å²) in [6.07, 6.45) is 3.65. The Labute approximate surface area is 201 Å².